The fourth-order valence-corrected chi connectivity index (χ4v) is 2.94. The average molecular weight is 313 g/mol. The number of methoxy groups -OCH3 is 1. The highest BCUT2D eigenvalue weighted by Gasteiger charge is 2.11. The first-order valence-corrected chi connectivity index (χ1v) is 8.21. The molecule has 5 nitrogen and oxygen atoms in total. The predicted molar refractivity (Wildman–Crippen MR) is 90.8 cm³/mol. The number of piperidine rings is 1. The van der Waals surface area contributed by atoms with Gasteiger partial charge in [-0.05, 0) is 56.3 Å². The van der Waals surface area contributed by atoms with Crippen molar-refractivity contribution in [2.45, 2.75) is 25.8 Å². The Kier molecular flexibility index (Phi) is 5.08. The van der Waals surface area contributed by atoms with Crippen molar-refractivity contribution in [1.82, 2.24) is 14.7 Å². The van der Waals surface area contributed by atoms with Gasteiger partial charge in [0.25, 0.3) is 5.56 Å². The number of likely N-dealkylation sites (tertiary alicyclic amines) is 1. The third-order valence-electron chi connectivity index (χ3n) is 4.33. The Morgan fingerprint density at radius 2 is 1.74 bits per heavy atom. The zero-order chi connectivity index (χ0) is 16.1. The van der Waals surface area contributed by atoms with Gasteiger partial charge in [-0.25, -0.2) is 4.68 Å². The minimum atomic E-state index is -0.0423. The third kappa shape index (κ3) is 3.99. The molecule has 1 aliphatic heterocycles. The Balaban J connectivity index is 1.73. The number of ether oxygens (including phenoxy) is 1. The maximum absolute atomic E-state index is 12.0. The minimum absolute atomic E-state index is 0.0423. The Morgan fingerprint density at radius 3 is 2.43 bits per heavy atom. The highest BCUT2D eigenvalue weighted by Crippen LogP contribution is 2.19. The average Bonchev–Trinajstić information content (AvgIpc) is 2.62. The van der Waals surface area contributed by atoms with Crippen LogP contribution in [0, 0.1) is 0 Å². The van der Waals surface area contributed by atoms with Gasteiger partial charge in [-0.15, -0.1) is 0 Å². The van der Waals surface area contributed by atoms with Gasteiger partial charge in [0.05, 0.1) is 19.3 Å². The molecule has 1 aliphatic rings. The molecule has 0 amide bonds. The van der Waals surface area contributed by atoms with Crippen LogP contribution in [0.5, 0.6) is 5.75 Å². The number of rotatable bonds is 5. The van der Waals surface area contributed by atoms with E-state index in [1.165, 1.54) is 19.3 Å². The maximum atomic E-state index is 12.0. The molecule has 0 N–H and O–H groups in total. The van der Waals surface area contributed by atoms with Gasteiger partial charge in [-0.1, -0.05) is 6.42 Å². The maximum Gasteiger partial charge on any atom is 0.266 e. The zero-order valence-electron chi connectivity index (χ0n) is 13.6. The lowest BCUT2D eigenvalue weighted by Crippen LogP contribution is -2.35. The first-order valence-electron chi connectivity index (χ1n) is 8.21. The monoisotopic (exact) mass is 313 g/mol. The summed E-state index contributed by atoms with van der Waals surface area (Å²) in [5, 5.41) is 4.52. The number of nitrogens with zero attached hydrogens (tertiary/aromatic N) is 3. The van der Waals surface area contributed by atoms with Crippen LogP contribution < -0.4 is 10.3 Å². The molecule has 122 valence electrons. The van der Waals surface area contributed by atoms with Crippen LogP contribution in [0.25, 0.3) is 11.3 Å². The summed E-state index contributed by atoms with van der Waals surface area (Å²) in [4.78, 5) is 14.5. The molecule has 0 bridgehead atoms. The largest absolute Gasteiger partial charge is 0.497 e. The van der Waals surface area contributed by atoms with E-state index in [9.17, 15) is 4.79 Å². The predicted octanol–water partition coefficient (Wildman–Crippen LogP) is 2.40. The normalized spacial score (nSPS) is 15.5. The van der Waals surface area contributed by atoms with Crippen molar-refractivity contribution in [3.63, 3.8) is 0 Å². The van der Waals surface area contributed by atoms with Crippen molar-refractivity contribution in [1.29, 1.82) is 0 Å². The Labute approximate surface area is 136 Å². The highest BCUT2D eigenvalue weighted by atomic mass is 16.5. The second kappa shape index (κ2) is 7.42. The Bertz CT molecular complexity index is 688. The van der Waals surface area contributed by atoms with Crippen molar-refractivity contribution in [2.24, 2.45) is 0 Å². The summed E-state index contributed by atoms with van der Waals surface area (Å²) < 4.78 is 6.75. The van der Waals surface area contributed by atoms with E-state index >= 15 is 0 Å². The molecule has 0 aliphatic carbocycles. The van der Waals surface area contributed by atoms with E-state index in [0.29, 0.717) is 6.54 Å². The summed E-state index contributed by atoms with van der Waals surface area (Å²) in [6.45, 7) is 3.79. The van der Waals surface area contributed by atoms with Crippen LogP contribution >= 0.6 is 0 Å². The molecule has 23 heavy (non-hydrogen) atoms. The molecule has 2 aromatic rings. The quantitative estimate of drug-likeness (QED) is 0.850. The second-order valence-electron chi connectivity index (χ2n) is 5.91. The van der Waals surface area contributed by atoms with Crippen LogP contribution in [0.15, 0.2) is 41.2 Å². The van der Waals surface area contributed by atoms with Crippen molar-refractivity contribution in [2.75, 3.05) is 26.7 Å². The molecule has 0 atom stereocenters. The van der Waals surface area contributed by atoms with Crippen molar-refractivity contribution >= 4 is 0 Å². The number of hydrogen-bond donors (Lipinski definition) is 0. The zero-order valence-corrected chi connectivity index (χ0v) is 13.6. The molecule has 1 aromatic carbocycles. The molecule has 0 radical (unpaired) electrons. The van der Waals surface area contributed by atoms with E-state index < -0.39 is 0 Å². The van der Waals surface area contributed by atoms with Gasteiger partial charge in [-0.2, -0.15) is 5.10 Å². The molecule has 2 heterocycles. The van der Waals surface area contributed by atoms with E-state index in [0.717, 1.165) is 36.6 Å². The standard InChI is InChI=1S/C18H23N3O2/c1-23-16-7-5-15(6-8-16)17-9-10-18(22)21(19-17)14-13-20-11-3-2-4-12-20/h5-10H,2-4,11-14H2,1H3. The van der Waals surface area contributed by atoms with E-state index in [-0.39, 0.29) is 5.56 Å². The summed E-state index contributed by atoms with van der Waals surface area (Å²) in [5.41, 5.74) is 1.75. The minimum Gasteiger partial charge on any atom is -0.497 e. The first-order chi connectivity index (χ1) is 11.3. The Morgan fingerprint density at radius 1 is 1.00 bits per heavy atom. The van der Waals surface area contributed by atoms with E-state index in [2.05, 4.69) is 10.00 Å². The van der Waals surface area contributed by atoms with E-state index in [1.807, 2.05) is 24.3 Å². The summed E-state index contributed by atoms with van der Waals surface area (Å²) in [5.74, 6) is 0.812. The lowest BCUT2D eigenvalue weighted by molar-refractivity contribution is 0.216. The summed E-state index contributed by atoms with van der Waals surface area (Å²) >= 11 is 0. The summed E-state index contributed by atoms with van der Waals surface area (Å²) in [7, 11) is 1.65. The smallest absolute Gasteiger partial charge is 0.266 e. The van der Waals surface area contributed by atoms with Crippen molar-refractivity contribution in [3.8, 4) is 17.0 Å². The summed E-state index contributed by atoms with van der Waals surface area (Å²) in [6, 6.07) is 11.1. The molecule has 0 spiro atoms. The molecule has 1 fully saturated rings. The third-order valence-corrected chi connectivity index (χ3v) is 4.33. The van der Waals surface area contributed by atoms with Crippen molar-refractivity contribution < 1.29 is 4.74 Å². The van der Waals surface area contributed by atoms with Gasteiger partial charge in [0.15, 0.2) is 0 Å². The molecular weight excluding hydrogens is 290 g/mol. The lowest BCUT2D eigenvalue weighted by Gasteiger charge is -2.26. The molecule has 1 saturated heterocycles. The topological polar surface area (TPSA) is 47.4 Å². The van der Waals surface area contributed by atoms with Gasteiger partial charge in [0, 0.05) is 18.2 Å². The summed E-state index contributed by atoms with van der Waals surface area (Å²) in [6.07, 6.45) is 3.84. The fourth-order valence-electron chi connectivity index (χ4n) is 2.94. The molecule has 3 rings (SSSR count). The second-order valence-corrected chi connectivity index (χ2v) is 5.91. The molecule has 0 unspecified atom stereocenters. The van der Waals surface area contributed by atoms with Crippen LogP contribution in [-0.2, 0) is 6.54 Å². The lowest BCUT2D eigenvalue weighted by atomic mass is 10.1. The van der Waals surface area contributed by atoms with Gasteiger partial charge >= 0.3 is 0 Å². The van der Waals surface area contributed by atoms with Crippen LogP contribution in [0.1, 0.15) is 19.3 Å². The molecule has 5 heteroatoms. The van der Waals surface area contributed by atoms with Gasteiger partial charge < -0.3 is 9.64 Å². The SMILES string of the molecule is COc1ccc(-c2ccc(=O)n(CCN3CCCCC3)n2)cc1. The van der Waals surface area contributed by atoms with Gasteiger partial charge in [-0.3, -0.25) is 4.79 Å². The van der Waals surface area contributed by atoms with Gasteiger partial charge in [0.1, 0.15) is 5.75 Å². The van der Waals surface area contributed by atoms with Crippen LogP contribution in [0.4, 0.5) is 0 Å². The van der Waals surface area contributed by atoms with Crippen LogP contribution in [0.2, 0.25) is 0 Å². The molecule has 1 aromatic heterocycles. The molecular formula is C18H23N3O2. The number of benzene rings is 1. The Hall–Kier alpha value is -2.14. The number of aromatic nitrogens is 2. The van der Waals surface area contributed by atoms with E-state index in [4.69, 9.17) is 4.74 Å². The van der Waals surface area contributed by atoms with Crippen LogP contribution in [0.3, 0.4) is 0 Å². The van der Waals surface area contributed by atoms with Crippen molar-refractivity contribution in [3.05, 3.63) is 46.8 Å². The van der Waals surface area contributed by atoms with Crippen LogP contribution in [-0.4, -0.2) is 41.4 Å². The first kappa shape index (κ1) is 15.7. The van der Waals surface area contributed by atoms with E-state index in [1.54, 1.807) is 23.9 Å². The highest BCUT2D eigenvalue weighted by molar-refractivity contribution is 5.59. The fraction of sp³-hybridized carbons (Fsp3) is 0.444. The van der Waals surface area contributed by atoms with Gasteiger partial charge in [0.2, 0.25) is 0 Å². The molecule has 0 saturated carbocycles. The number of hydrogen-bond acceptors (Lipinski definition) is 4.